The van der Waals surface area contributed by atoms with Gasteiger partial charge in [0.05, 0.1) is 10.7 Å². The van der Waals surface area contributed by atoms with Gasteiger partial charge in [-0.3, -0.25) is 14.9 Å². The van der Waals surface area contributed by atoms with Gasteiger partial charge in [0.2, 0.25) is 5.91 Å². The molecule has 2 aromatic carbocycles. The predicted molar refractivity (Wildman–Crippen MR) is 78.8 cm³/mol. The van der Waals surface area contributed by atoms with Gasteiger partial charge in [-0.05, 0) is 24.3 Å². The van der Waals surface area contributed by atoms with Gasteiger partial charge in [-0.15, -0.1) is 11.8 Å². The molecule has 114 valence electrons. The monoisotopic (exact) mass is 324 g/mol. The van der Waals surface area contributed by atoms with Gasteiger partial charge >= 0.3 is 0 Å². The van der Waals surface area contributed by atoms with Crippen LogP contribution in [0.4, 0.5) is 20.2 Å². The minimum Gasteiger partial charge on any atom is -0.325 e. The summed E-state index contributed by atoms with van der Waals surface area (Å²) in [6, 6.07) is 8.87. The molecule has 5 nitrogen and oxygen atoms in total. The lowest BCUT2D eigenvalue weighted by atomic mass is 10.3. The summed E-state index contributed by atoms with van der Waals surface area (Å²) in [5, 5.41) is 13.1. The molecule has 1 N–H and O–H groups in total. The van der Waals surface area contributed by atoms with E-state index < -0.39 is 22.5 Å². The fraction of sp³-hybridized carbons (Fsp3) is 0.0714. The smallest absolute Gasteiger partial charge is 0.271 e. The number of benzene rings is 2. The van der Waals surface area contributed by atoms with E-state index in [1.165, 1.54) is 30.3 Å². The van der Waals surface area contributed by atoms with E-state index in [-0.39, 0.29) is 11.4 Å². The number of carbonyl (C=O) groups is 1. The van der Waals surface area contributed by atoms with E-state index in [0.29, 0.717) is 10.6 Å². The average molecular weight is 324 g/mol. The van der Waals surface area contributed by atoms with Gasteiger partial charge in [0.25, 0.3) is 5.69 Å². The molecular weight excluding hydrogens is 314 g/mol. The zero-order valence-electron chi connectivity index (χ0n) is 11.1. The molecule has 0 saturated heterocycles. The summed E-state index contributed by atoms with van der Waals surface area (Å²) in [4.78, 5) is 22.2. The Kier molecular flexibility index (Phi) is 5.05. The van der Waals surface area contributed by atoms with Crippen LogP contribution in [-0.4, -0.2) is 16.6 Å². The van der Waals surface area contributed by atoms with Gasteiger partial charge in [-0.2, -0.15) is 0 Å². The van der Waals surface area contributed by atoms with Crippen molar-refractivity contribution in [1.29, 1.82) is 0 Å². The second-order valence-electron chi connectivity index (χ2n) is 4.22. The predicted octanol–water partition coefficient (Wildman–Crippen LogP) is 3.60. The Labute approximate surface area is 128 Å². The fourth-order valence-electron chi connectivity index (χ4n) is 1.61. The normalized spacial score (nSPS) is 10.3. The standard InChI is InChI=1S/C14H10F2N2O3S/c15-12-5-4-11(7-13(12)16)22-8-14(19)17-9-2-1-3-10(6-9)18(20)21/h1-7H,8H2,(H,17,19). The number of nitrogens with zero attached hydrogens (tertiary/aromatic N) is 1. The molecule has 0 heterocycles. The Bertz CT molecular complexity index is 725. The van der Waals surface area contributed by atoms with E-state index in [1.807, 2.05) is 0 Å². The van der Waals surface area contributed by atoms with Crippen LogP contribution in [0.2, 0.25) is 0 Å². The van der Waals surface area contributed by atoms with Crippen LogP contribution in [0.5, 0.6) is 0 Å². The topological polar surface area (TPSA) is 72.2 Å². The van der Waals surface area contributed by atoms with Gasteiger partial charge in [0.1, 0.15) is 0 Å². The second kappa shape index (κ2) is 6.99. The highest BCUT2D eigenvalue weighted by molar-refractivity contribution is 8.00. The Hall–Kier alpha value is -2.48. The third-order valence-electron chi connectivity index (χ3n) is 2.60. The van der Waals surface area contributed by atoms with Gasteiger partial charge in [-0.25, -0.2) is 8.78 Å². The number of amides is 1. The molecule has 0 aliphatic rings. The van der Waals surface area contributed by atoms with Crippen molar-refractivity contribution in [3.8, 4) is 0 Å². The minimum absolute atomic E-state index is 0.0340. The van der Waals surface area contributed by atoms with E-state index in [9.17, 15) is 23.7 Å². The average Bonchev–Trinajstić information content (AvgIpc) is 2.49. The number of anilines is 1. The van der Waals surface area contributed by atoms with Gasteiger partial charge in [-0.1, -0.05) is 6.07 Å². The van der Waals surface area contributed by atoms with E-state index in [0.717, 1.165) is 23.9 Å². The first-order valence-corrected chi connectivity index (χ1v) is 7.06. The first-order valence-electron chi connectivity index (χ1n) is 6.08. The summed E-state index contributed by atoms with van der Waals surface area (Å²) >= 11 is 1.03. The van der Waals surface area contributed by atoms with Crippen LogP contribution in [-0.2, 0) is 4.79 Å². The van der Waals surface area contributed by atoms with Crippen LogP contribution in [0, 0.1) is 21.7 Å². The van der Waals surface area contributed by atoms with Crippen molar-refractivity contribution in [2.45, 2.75) is 4.90 Å². The lowest BCUT2D eigenvalue weighted by Crippen LogP contribution is -2.14. The van der Waals surface area contributed by atoms with Crippen LogP contribution in [0.3, 0.4) is 0 Å². The van der Waals surface area contributed by atoms with Crippen molar-refractivity contribution in [3.05, 3.63) is 64.2 Å². The quantitative estimate of drug-likeness (QED) is 0.518. The van der Waals surface area contributed by atoms with Crippen LogP contribution < -0.4 is 5.32 Å². The first-order chi connectivity index (χ1) is 10.5. The van der Waals surface area contributed by atoms with Crippen LogP contribution >= 0.6 is 11.8 Å². The van der Waals surface area contributed by atoms with Crippen molar-refractivity contribution in [1.82, 2.24) is 0 Å². The molecule has 1 amide bonds. The lowest BCUT2D eigenvalue weighted by molar-refractivity contribution is -0.384. The number of thioether (sulfide) groups is 1. The number of nitro benzene ring substituents is 1. The Morgan fingerprint density at radius 2 is 1.95 bits per heavy atom. The third kappa shape index (κ3) is 4.26. The number of rotatable bonds is 5. The number of non-ortho nitro benzene ring substituents is 1. The molecule has 8 heteroatoms. The maximum absolute atomic E-state index is 13.0. The van der Waals surface area contributed by atoms with Crippen molar-refractivity contribution in [2.24, 2.45) is 0 Å². The summed E-state index contributed by atoms with van der Waals surface area (Å²) in [5.41, 5.74) is 0.163. The lowest BCUT2D eigenvalue weighted by Gasteiger charge is -2.05. The Morgan fingerprint density at radius 1 is 1.18 bits per heavy atom. The Balaban J connectivity index is 1.94. The zero-order chi connectivity index (χ0) is 16.1. The minimum atomic E-state index is -0.982. The Morgan fingerprint density at radius 3 is 2.64 bits per heavy atom. The summed E-state index contributed by atoms with van der Waals surface area (Å²) in [6.07, 6.45) is 0. The molecule has 0 spiro atoms. The summed E-state index contributed by atoms with van der Waals surface area (Å²) in [7, 11) is 0. The second-order valence-corrected chi connectivity index (χ2v) is 5.27. The zero-order valence-corrected chi connectivity index (χ0v) is 11.9. The van der Waals surface area contributed by atoms with Crippen molar-refractivity contribution < 1.29 is 18.5 Å². The number of nitro groups is 1. The molecule has 2 aromatic rings. The summed E-state index contributed by atoms with van der Waals surface area (Å²) < 4.78 is 25.8. The summed E-state index contributed by atoms with van der Waals surface area (Å²) in [6.45, 7) is 0. The molecule has 2 rings (SSSR count). The van der Waals surface area contributed by atoms with E-state index in [4.69, 9.17) is 0 Å². The molecule has 0 unspecified atom stereocenters. The van der Waals surface area contributed by atoms with Crippen molar-refractivity contribution in [3.63, 3.8) is 0 Å². The van der Waals surface area contributed by atoms with Crippen LogP contribution in [0.25, 0.3) is 0 Å². The molecule has 0 fully saturated rings. The number of halogens is 2. The number of hydrogen-bond donors (Lipinski definition) is 1. The largest absolute Gasteiger partial charge is 0.325 e. The van der Waals surface area contributed by atoms with Gasteiger partial charge in [0, 0.05) is 22.7 Å². The molecule has 0 bridgehead atoms. The van der Waals surface area contributed by atoms with Crippen LogP contribution in [0.1, 0.15) is 0 Å². The fourth-order valence-corrected chi connectivity index (χ4v) is 2.33. The van der Waals surface area contributed by atoms with Crippen molar-refractivity contribution in [2.75, 3.05) is 11.1 Å². The maximum Gasteiger partial charge on any atom is 0.271 e. The molecule has 0 atom stereocenters. The van der Waals surface area contributed by atoms with Crippen molar-refractivity contribution >= 4 is 29.0 Å². The third-order valence-corrected chi connectivity index (χ3v) is 3.60. The number of hydrogen-bond acceptors (Lipinski definition) is 4. The SMILES string of the molecule is O=C(CSc1ccc(F)c(F)c1)Nc1cccc([N+](=O)[O-])c1. The molecule has 0 saturated carbocycles. The highest BCUT2D eigenvalue weighted by Gasteiger charge is 2.09. The number of carbonyl (C=O) groups excluding carboxylic acids is 1. The van der Waals surface area contributed by atoms with Gasteiger partial charge < -0.3 is 5.32 Å². The highest BCUT2D eigenvalue weighted by atomic mass is 32.2. The first kappa shape index (κ1) is 15.9. The molecule has 0 aliphatic heterocycles. The van der Waals surface area contributed by atoms with E-state index in [2.05, 4.69) is 5.32 Å². The molecule has 0 radical (unpaired) electrons. The van der Waals surface area contributed by atoms with E-state index in [1.54, 1.807) is 0 Å². The molecule has 0 aromatic heterocycles. The van der Waals surface area contributed by atoms with Crippen LogP contribution in [0.15, 0.2) is 47.4 Å². The van der Waals surface area contributed by atoms with E-state index >= 15 is 0 Å². The number of nitrogens with one attached hydrogen (secondary N) is 1. The summed E-state index contributed by atoms with van der Waals surface area (Å²) in [5.74, 6) is -2.38. The molecule has 0 aliphatic carbocycles. The highest BCUT2D eigenvalue weighted by Crippen LogP contribution is 2.21. The van der Waals surface area contributed by atoms with Gasteiger partial charge in [0.15, 0.2) is 11.6 Å². The molecule has 22 heavy (non-hydrogen) atoms. The molecular formula is C14H10F2N2O3S. The maximum atomic E-state index is 13.0.